The maximum absolute atomic E-state index is 13.3. The summed E-state index contributed by atoms with van der Waals surface area (Å²) >= 11 is 13.1. The highest BCUT2D eigenvalue weighted by Crippen LogP contribution is 2.24. The summed E-state index contributed by atoms with van der Waals surface area (Å²) in [5, 5.41) is 8.16. The Hall–Kier alpha value is -2.88. The van der Waals surface area contributed by atoms with E-state index in [1.54, 1.807) is 0 Å². The van der Waals surface area contributed by atoms with Crippen LogP contribution in [0.15, 0.2) is 64.7 Å². The number of halogens is 3. The Bertz CT molecular complexity index is 1340. The molecule has 0 saturated carbocycles. The molecular formula is C21H16Cl2FN5O2S. The van der Waals surface area contributed by atoms with Crippen molar-refractivity contribution in [2.45, 2.75) is 23.9 Å². The monoisotopic (exact) mass is 491 g/mol. The van der Waals surface area contributed by atoms with Gasteiger partial charge in [-0.1, -0.05) is 53.2 Å². The first-order valence-corrected chi connectivity index (χ1v) is 11.2. The fourth-order valence-corrected chi connectivity index (χ4v) is 4.13. The first-order chi connectivity index (χ1) is 15.4. The fourth-order valence-electron chi connectivity index (χ4n) is 2.91. The molecule has 0 aliphatic rings. The minimum Gasteiger partial charge on any atom is -0.350 e. The van der Waals surface area contributed by atoms with E-state index in [0.717, 1.165) is 10.2 Å². The number of hydrogen-bond donors (Lipinski definition) is 1. The molecule has 0 unspecified atom stereocenters. The van der Waals surface area contributed by atoms with Crippen LogP contribution in [0.5, 0.6) is 0 Å². The molecule has 4 aromatic rings. The third-order valence-electron chi connectivity index (χ3n) is 4.53. The van der Waals surface area contributed by atoms with Crippen molar-refractivity contribution in [3.63, 3.8) is 0 Å². The number of rotatable bonds is 7. The van der Waals surface area contributed by atoms with Crippen molar-refractivity contribution in [2.75, 3.05) is 0 Å². The van der Waals surface area contributed by atoms with E-state index in [2.05, 4.69) is 15.4 Å². The lowest BCUT2D eigenvalue weighted by Gasteiger charge is -2.05. The molecule has 2 aromatic carbocycles. The summed E-state index contributed by atoms with van der Waals surface area (Å²) < 4.78 is 15.7. The van der Waals surface area contributed by atoms with Crippen LogP contribution in [-0.4, -0.2) is 25.1 Å². The Morgan fingerprint density at radius 2 is 1.88 bits per heavy atom. The molecule has 1 amide bonds. The standard InChI is InChI=1S/C21H16Cl2FN5O2S/c22-15-4-1-13(2-5-15)12-32-20-19-27-29(21(31)28(19)8-7-25-20)11-18(30)26-10-14-3-6-17(24)16(23)9-14/h1-9H,10-12H2,(H,26,30). The van der Waals surface area contributed by atoms with Gasteiger partial charge in [-0.05, 0) is 35.4 Å². The lowest BCUT2D eigenvalue weighted by Crippen LogP contribution is -2.32. The van der Waals surface area contributed by atoms with E-state index in [0.29, 0.717) is 27.0 Å². The van der Waals surface area contributed by atoms with E-state index < -0.39 is 17.4 Å². The van der Waals surface area contributed by atoms with Gasteiger partial charge in [0, 0.05) is 29.7 Å². The van der Waals surface area contributed by atoms with E-state index in [-0.39, 0.29) is 18.1 Å². The molecule has 11 heteroatoms. The topological polar surface area (TPSA) is 81.3 Å². The van der Waals surface area contributed by atoms with Crippen molar-refractivity contribution in [2.24, 2.45) is 0 Å². The number of amides is 1. The highest BCUT2D eigenvalue weighted by molar-refractivity contribution is 7.98. The number of thioether (sulfide) groups is 1. The lowest BCUT2D eigenvalue weighted by atomic mass is 10.2. The van der Waals surface area contributed by atoms with Crippen molar-refractivity contribution in [3.8, 4) is 0 Å². The van der Waals surface area contributed by atoms with Crippen molar-refractivity contribution < 1.29 is 9.18 Å². The van der Waals surface area contributed by atoms with Gasteiger partial charge in [0.15, 0.2) is 5.65 Å². The normalized spacial score (nSPS) is 11.1. The molecule has 4 rings (SSSR count). The van der Waals surface area contributed by atoms with Crippen LogP contribution in [0.2, 0.25) is 10.0 Å². The Kier molecular flexibility index (Phi) is 6.78. The van der Waals surface area contributed by atoms with E-state index in [1.165, 1.54) is 46.8 Å². The van der Waals surface area contributed by atoms with Crippen molar-refractivity contribution in [3.05, 3.63) is 92.3 Å². The van der Waals surface area contributed by atoms with Crippen LogP contribution in [-0.2, 0) is 23.6 Å². The average Bonchev–Trinajstić information content (AvgIpc) is 3.10. The summed E-state index contributed by atoms with van der Waals surface area (Å²) in [5.74, 6) is -0.332. The number of benzene rings is 2. The van der Waals surface area contributed by atoms with Crippen LogP contribution in [0.3, 0.4) is 0 Å². The number of aromatic nitrogens is 4. The summed E-state index contributed by atoms with van der Waals surface area (Å²) in [4.78, 5) is 29.3. The SMILES string of the molecule is O=C(Cn1nc2c(SCc3ccc(Cl)cc3)nccn2c1=O)NCc1ccc(F)c(Cl)c1. The van der Waals surface area contributed by atoms with Gasteiger partial charge in [0.2, 0.25) is 5.91 Å². The second-order valence-electron chi connectivity index (χ2n) is 6.81. The van der Waals surface area contributed by atoms with Gasteiger partial charge in [-0.3, -0.25) is 4.79 Å². The maximum atomic E-state index is 13.3. The summed E-state index contributed by atoms with van der Waals surface area (Å²) in [6.07, 6.45) is 3.02. The second kappa shape index (κ2) is 9.72. The van der Waals surface area contributed by atoms with Crippen LogP contribution in [0.25, 0.3) is 5.65 Å². The molecule has 0 aliphatic carbocycles. The van der Waals surface area contributed by atoms with Gasteiger partial charge in [0.1, 0.15) is 17.4 Å². The summed E-state index contributed by atoms with van der Waals surface area (Å²) in [5.41, 5.74) is 1.60. The molecule has 32 heavy (non-hydrogen) atoms. The molecule has 0 atom stereocenters. The third kappa shape index (κ3) is 5.12. The molecule has 2 aromatic heterocycles. The quantitative estimate of drug-likeness (QED) is 0.396. The van der Waals surface area contributed by atoms with Gasteiger partial charge in [-0.15, -0.1) is 5.10 Å². The highest BCUT2D eigenvalue weighted by Gasteiger charge is 2.15. The van der Waals surface area contributed by atoms with E-state index in [4.69, 9.17) is 23.2 Å². The number of fused-ring (bicyclic) bond motifs is 1. The van der Waals surface area contributed by atoms with E-state index in [9.17, 15) is 14.0 Å². The van der Waals surface area contributed by atoms with Crippen LogP contribution in [0.4, 0.5) is 4.39 Å². The van der Waals surface area contributed by atoms with Crippen molar-refractivity contribution in [1.82, 2.24) is 24.5 Å². The number of hydrogen-bond acceptors (Lipinski definition) is 5. The Balaban J connectivity index is 1.45. The molecule has 0 spiro atoms. The van der Waals surface area contributed by atoms with Gasteiger partial charge >= 0.3 is 5.69 Å². The van der Waals surface area contributed by atoms with Gasteiger partial charge in [-0.25, -0.2) is 23.3 Å². The minimum absolute atomic E-state index is 0.0237. The van der Waals surface area contributed by atoms with Crippen molar-refractivity contribution >= 4 is 46.5 Å². The Morgan fingerprint density at radius 1 is 1.12 bits per heavy atom. The largest absolute Gasteiger partial charge is 0.350 e. The van der Waals surface area contributed by atoms with Crippen LogP contribution < -0.4 is 11.0 Å². The minimum atomic E-state index is -0.531. The summed E-state index contributed by atoms with van der Waals surface area (Å²) in [6.45, 7) is -0.124. The molecule has 7 nitrogen and oxygen atoms in total. The van der Waals surface area contributed by atoms with Gasteiger partial charge in [0.05, 0.1) is 5.02 Å². The summed E-state index contributed by atoms with van der Waals surface area (Å²) in [6, 6.07) is 11.6. The number of nitrogens with zero attached hydrogens (tertiary/aromatic N) is 4. The summed E-state index contributed by atoms with van der Waals surface area (Å²) in [7, 11) is 0. The molecule has 0 radical (unpaired) electrons. The first kappa shape index (κ1) is 22.3. The van der Waals surface area contributed by atoms with Gasteiger partial charge < -0.3 is 5.32 Å². The van der Waals surface area contributed by atoms with E-state index in [1.807, 2.05) is 24.3 Å². The Morgan fingerprint density at radius 3 is 2.62 bits per heavy atom. The molecule has 0 bridgehead atoms. The molecule has 2 heterocycles. The fraction of sp³-hybridized carbons (Fsp3) is 0.143. The predicted octanol–water partition coefficient (Wildman–Crippen LogP) is 3.95. The lowest BCUT2D eigenvalue weighted by molar-refractivity contribution is -0.122. The zero-order valence-corrected chi connectivity index (χ0v) is 18.8. The van der Waals surface area contributed by atoms with Crippen LogP contribution in [0.1, 0.15) is 11.1 Å². The smallest absolute Gasteiger partial charge is 0.350 e. The number of carbonyl (C=O) groups excluding carboxylic acids is 1. The van der Waals surface area contributed by atoms with Crippen LogP contribution >= 0.6 is 35.0 Å². The number of carbonyl (C=O) groups is 1. The number of nitrogens with one attached hydrogen (secondary N) is 1. The highest BCUT2D eigenvalue weighted by atomic mass is 35.5. The predicted molar refractivity (Wildman–Crippen MR) is 122 cm³/mol. The van der Waals surface area contributed by atoms with Crippen molar-refractivity contribution in [1.29, 1.82) is 0 Å². The van der Waals surface area contributed by atoms with Crippen LogP contribution in [0, 0.1) is 5.82 Å². The zero-order valence-electron chi connectivity index (χ0n) is 16.5. The molecule has 1 N–H and O–H groups in total. The first-order valence-electron chi connectivity index (χ1n) is 9.43. The maximum Gasteiger partial charge on any atom is 0.350 e. The van der Waals surface area contributed by atoms with E-state index >= 15 is 0 Å². The second-order valence-corrected chi connectivity index (χ2v) is 8.61. The molecule has 0 aliphatic heterocycles. The van der Waals surface area contributed by atoms with Gasteiger partial charge in [-0.2, -0.15) is 0 Å². The molecular weight excluding hydrogens is 476 g/mol. The van der Waals surface area contributed by atoms with Gasteiger partial charge in [0.25, 0.3) is 0 Å². The molecule has 164 valence electrons. The zero-order chi connectivity index (χ0) is 22.7. The molecule has 0 saturated heterocycles. The Labute approximate surface area is 196 Å². The third-order valence-corrected chi connectivity index (χ3v) is 6.11. The average molecular weight is 492 g/mol. The molecule has 0 fully saturated rings.